The minimum Gasteiger partial charge on any atom is -0.323 e. The fourth-order valence-corrected chi connectivity index (χ4v) is 2.22. The lowest BCUT2D eigenvalue weighted by Crippen LogP contribution is -2.34. The maximum Gasteiger partial charge on any atom is 0.194 e. The molecular weight excluding hydrogens is 263 g/mol. The molecule has 2 N–H and O–H groups in total. The van der Waals surface area contributed by atoms with Gasteiger partial charge >= 0.3 is 0 Å². The number of nitrogens with two attached hydrogens (primary N) is 1. The summed E-state index contributed by atoms with van der Waals surface area (Å²) >= 11 is 0. The van der Waals surface area contributed by atoms with Gasteiger partial charge in [-0.05, 0) is 11.6 Å². The lowest BCUT2D eigenvalue weighted by Gasteiger charge is -2.32. The number of benzene rings is 2. The van der Waals surface area contributed by atoms with Crippen LogP contribution in [0.1, 0.15) is 31.0 Å². The fourth-order valence-electron chi connectivity index (χ4n) is 2.22. The predicted octanol–water partition coefficient (Wildman–Crippen LogP) is 4.08. The highest BCUT2D eigenvalue weighted by molar-refractivity contribution is 5.32. The van der Waals surface area contributed by atoms with Crippen LogP contribution in [0.15, 0.2) is 42.5 Å². The molecule has 0 fully saturated rings. The summed E-state index contributed by atoms with van der Waals surface area (Å²) in [5.74, 6) is -3.92. The molecule has 4 heteroatoms. The fraction of sp³-hybridized carbons (Fsp3) is 0.250. The van der Waals surface area contributed by atoms with E-state index in [4.69, 9.17) is 5.73 Å². The zero-order chi connectivity index (χ0) is 14.9. The lowest BCUT2D eigenvalue weighted by molar-refractivity contribution is 0.386. The number of rotatable bonds is 3. The molecule has 20 heavy (non-hydrogen) atoms. The van der Waals surface area contributed by atoms with Gasteiger partial charge in [-0.2, -0.15) is 0 Å². The van der Waals surface area contributed by atoms with Crippen molar-refractivity contribution >= 4 is 0 Å². The van der Waals surface area contributed by atoms with Crippen molar-refractivity contribution in [1.29, 1.82) is 0 Å². The standard InChI is InChI=1S/C16H16F3N/c1-16(2,10-6-4-3-5-7-10)15(20)11-8-9-12(17)14(19)13(11)18/h3-9,15H,20H2,1-2H3. The van der Waals surface area contributed by atoms with Crippen LogP contribution in [0, 0.1) is 17.5 Å². The van der Waals surface area contributed by atoms with Crippen molar-refractivity contribution in [3.8, 4) is 0 Å². The van der Waals surface area contributed by atoms with Crippen molar-refractivity contribution in [3.63, 3.8) is 0 Å². The van der Waals surface area contributed by atoms with Crippen LogP contribution in [0.25, 0.3) is 0 Å². The van der Waals surface area contributed by atoms with Crippen molar-refractivity contribution in [2.24, 2.45) is 5.73 Å². The van der Waals surface area contributed by atoms with Crippen molar-refractivity contribution in [2.75, 3.05) is 0 Å². The smallest absolute Gasteiger partial charge is 0.194 e. The average Bonchev–Trinajstić information content (AvgIpc) is 2.45. The first-order valence-electron chi connectivity index (χ1n) is 6.30. The van der Waals surface area contributed by atoms with Gasteiger partial charge in [0, 0.05) is 17.0 Å². The quantitative estimate of drug-likeness (QED) is 0.842. The molecule has 2 aromatic rings. The van der Waals surface area contributed by atoms with Crippen molar-refractivity contribution in [2.45, 2.75) is 25.3 Å². The molecule has 0 aromatic heterocycles. The van der Waals surface area contributed by atoms with Gasteiger partial charge in [-0.1, -0.05) is 50.2 Å². The third-order valence-corrected chi connectivity index (χ3v) is 3.70. The van der Waals surface area contributed by atoms with Gasteiger partial charge in [-0.25, -0.2) is 13.2 Å². The molecule has 0 aliphatic carbocycles. The second-order valence-corrected chi connectivity index (χ2v) is 5.33. The van der Waals surface area contributed by atoms with Crippen LogP contribution in [-0.2, 0) is 5.41 Å². The highest BCUT2D eigenvalue weighted by Gasteiger charge is 2.32. The maximum atomic E-state index is 13.9. The summed E-state index contributed by atoms with van der Waals surface area (Å²) in [4.78, 5) is 0. The molecule has 1 atom stereocenters. The molecule has 0 heterocycles. The Morgan fingerprint density at radius 2 is 1.50 bits per heavy atom. The second kappa shape index (κ2) is 5.29. The zero-order valence-electron chi connectivity index (χ0n) is 11.3. The third-order valence-electron chi connectivity index (χ3n) is 3.70. The molecule has 1 nitrogen and oxygen atoms in total. The van der Waals surface area contributed by atoms with Gasteiger partial charge in [0.05, 0.1) is 0 Å². The highest BCUT2D eigenvalue weighted by atomic mass is 19.2. The SMILES string of the molecule is CC(C)(c1ccccc1)C(N)c1ccc(F)c(F)c1F. The lowest BCUT2D eigenvalue weighted by atomic mass is 9.75. The number of hydrogen-bond donors (Lipinski definition) is 1. The molecule has 0 aliphatic heterocycles. The zero-order valence-corrected chi connectivity index (χ0v) is 11.3. The minimum atomic E-state index is -1.48. The van der Waals surface area contributed by atoms with Gasteiger partial charge in [-0.15, -0.1) is 0 Å². The maximum absolute atomic E-state index is 13.9. The Bertz CT molecular complexity index is 609. The third kappa shape index (κ3) is 2.43. The molecule has 0 saturated heterocycles. The van der Waals surface area contributed by atoms with Gasteiger partial charge in [-0.3, -0.25) is 0 Å². The van der Waals surface area contributed by atoms with E-state index in [2.05, 4.69) is 0 Å². The normalized spacial score (nSPS) is 13.3. The van der Waals surface area contributed by atoms with Gasteiger partial charge in [0.1, 0.15) is 0 Å². The molecule has 0 bridgehead atoms. The largest absolute Gasteiger partial charge is 0.323 e. The van der Waals surface area contributed by atoms with E-state index in [0.717, 1.165) is 11.6 Å². The first-order valence-corrected chi connectivity index (χ1v) is 6.30. The van der Waals surface area contributed by atoms with Crippen LogP contribution in [-0.4, -0.2) is 0 Å². The molecule has 0 saturated carbocycles. The van der Waals surface area contributed by atoms with Crippen LogP contribution in [0.4, 0.5) is 13.2 Å². The molecule has 0 amide bonds. The van der Waals surface area contributed by atoms with Crippen molar-refractivity contribution in [1.82, 2.24) is 0 Å². The summed E-state index contributed by atoms with van der Waals surface area (Å²) in [6, 6.07) is 10.6. The first-order chi connectivity index (χ1) is 9.35. The summed E-state index contributed by atoms with van der Waals surface area (Å²) in [5, 5.41) is 0. The van der Waals surface area contributed by atoms with E-state index in [-0.39, 0.29) is 5.56 Å². The number of hydrogen-bond acceptors (Lipinski definition) is 1. The molecular formula is C16H16F3N. The van der Waals surface area contributed by atoms with Crippen LogP contribution in [0.2, 0.25) is 0 Å². The topological polar surface area (TPSA) is 26.0 Å². The highest BCUT2D eigenvalue weighted by Crippen LogP contribution is 2.36. The molecule has 1 unspecified atom stereocenters. The van der Waals surface area contributed by atoms with Crippen LogP contribution >= 0.6 is 0 Å². The number of halogens is 3. The van der Waals surface area contributed by atoms with Crippen LogP contribution in [0.3, 0.4) is 0 Å². The summed E-state index contributed by atoms with van der Waals surface area (Å²) in [5.41, 5.74) is 6.35. The van der Waals surface area contributed by atoms with Crippen molar-refractivity contribution in [3.05, 3.63) is 71.0 Å². The molecule has 0 aliphatic rings. The Morgan fingerprint density at radius 1 is 0.900 bits per heavy atom. The predicted molar refractivity (Wildman–Crippen MR) is 72.7 cm³/mol. The summed E-state index contributed by atoms with van der Waals surface area (Å²) in [7, 11) is 0. The molecule has 2 rings (SSSR count). The second-order valence-electron chi connectivity index (χ2n) is 5.33. The molecule has 0 spiro atoms. The Kier molecular flexibility index (Phi) is 3.86. The monoisotopic (exact) mass is 279 g/mol. The van der Waals surface area contributed by atoms with E-state index in [1.165, 1.54) is 6.07 Å². The summed E-state index contributed by atoms with van der Waals surface area (Å²) < 4.78 is 40.2. The van der Waals surface area contributed by atoms with E-state index in [9.17, 15) is 13.2 Å². The van der Waals surface area contributed by atoms with E-state index in [1.54, 1.807) is 0 Å². The van der Waals surface area contributed by atoms with E-state index < -0.39 is 28.9 Å². The van der Waals surface area contributed by atoms with Gasteiger partial charge in [0.2, 0.25) is 0 Å². The van der Waals surface area contributed by atoms with Crippen LogP contribution < -0.4 is 5.73 Å². The van der Waals surface area contributed by atoms with E-state index in [1.807, 2.05) is 44.2 Å². The van der Waals surface area contributed by atoms with E-state index >= 15 is 0 Å². The van der Waals surface area contributed by atoms with Gasteiger partial charge < -0.3 is 5.73 Å². The van der Waals surface area contributed by atoms with Gasteiger partial charge in [0.15, 0.2) is 17.5 Å². The van der Waals surface area contributed by atoms with Gasteiger partial charge in [0.25, 0.3) is 0 Å². The molecule has 0 radical (unpaired) electrons. The Hall–Kier alpha value is -1.81. The first kappa shape index (κ1) is 14.6. The summed E-state index contributed by atoms with van der Waals surface area (Å²) in [6.07, 6.45) is 0. The molecule has 2 aromatic carbocycles. The average molecular weight is 279 g/mol. The Morgan fingerprint density at radius 3 is 2.10 bits per heavy atom. The van der Waals surface area contributed by atoms with E-state index in [0.29, 0.717) is 0 Å². The molecule has 106 valence electrons. The van der Waals surface area contributed by atoms with Crippen molar-refractivity contribution < 1.29 is 13.2 Å². The Labute approximate surface area is 116 Å². The minimum absolute atomic E-state index is 0.0299. The van der Waals surface area contributed by atoms with Crippen LogP contribution in [0.5, 0.6) is 0 Å². The Balaban J connectivity index is 2.46. The summed E-state index contributed by atoms with van der Waals surface area (Å²) in [6.45, 7) is 3.68.